The van der Waals surface area contributed by atoms with Crippen molar-refractivity contribution in [3.05, 3.63) is 35.4 Å². The van der Waals surface area contributed by atoms with Gasteiger partial charge in [0, 0.05) is 13.1 Å². The van der Waals surface area contributed by atoms with Gasteiger partial charge in [0.1, 0.15) is 0 Å². The molecule has 0 aliphatic heterocycles. The van der Waals surface area contributed by atoms with E-state index in [4.69, 9.17) is 5.73 Å². The lowest BCUT2D eigenvalue weighted by atomic mass is 10.1. The molecule has 0 amide bonds. The third-order valence-corrected chi connectivity index (χ3v) is 3.25. The first-order valence-corrected chi connectivity index (χ1v) is 6.39. The Morgan fingerprint density at radius 3 is 2.56 bits per heavy atom. The van der Waals surface area contributed by atoms with E-state index < -0.39 is 11.6 Å². The summed E-state index contributed by atoms with van der Waals surface area (Å²) in [5.74, 6) is -1.07. The van der Waals surface area contributed by atoms with Gasteiger partial charge < -0.3 is 10.6 Å². The van der Waals surface area contributed by atoms with Gasteiger partial charge >= 0.3 is 0 Å². The molecule has 1 rings (SSSR count). The van der Waals surface area contributed by atoms with Crippen LogP contribution in [0.5, 0.6) is 0 Å². The molecule has 1 aromatic carbocycles. The van der Waals surface area contributed by atoms with Crippen molar-refractivity contribution in [1.29, 1.82) is 0 Å². The predicted octanol–water partition coefficient (Wildman–Crippen LogP) is 2.42. The van der Waals surface area contributed by atoms with Crippen LogP contribution >= 0.6 is 0 Å². The van der Waals surface area contributed by atoms with Gasteiger partial charge in [-0.1, -0.05) is 19.4 Å². The summed E-state index contributed by atoms with van der Waals surface area (Å²) in [5.41, 5.74) is 6.48. The molecule has 18 heavy (non-hydrogen) atoms. The first kappa shape index (κ1) is 15.1. The van der Waals surface area contributed by atoms with Crippen LogP contribution in [-0.2, 0) is 6.42 Å². The smallest absolute Gasteiger partial charge is 0.159 e. The highest BCUT2D eigenvalue weighted by Gasteiger charge is 2.08. The largest absolute Gasteiger partial charge is 0.330 e. The van der Waals surface area contributed by atoms with Crippen molar-refractivity contribution < 1.29 is 8.78 Å². The van der Waals surface area contributed by atoms with E-state index in [1.54, 1.807) is 6.07 Å². The van der Waals surface area contributed by atoms with Crippen LogP contribution in [0.1, 0.15) is 18.9 Å². The number of nitrogens with two attached hydrogens (primary N) is 1. The van der Waals surface area contributed by atoms with E-state index in [-0.39, 0.29) is 0 Å². The molecule has 102 valence electrons. The third-order valence-electron chi connectivity index (χ3n) is 3.25. The predicted molar refractivity (Wildman–Crippen MR) is 70.4 cm³/mol. The first-order valence-electron chi connectivity index (χ1n) is 6.39. The van der Waals surface area contributed by atoms with Crippen molar-refractivity contribution in [2.24, 2.45) is 11.7 Å². The fraction of sp³-hybridized carbons (Fsp3) is 0.571. The molecule has 2 nitrogen and oxygen atoms in total. The molecule has 0 aliphatic carbocycles. The Morgan fingerprint density at radius 1 is 1.28 bits per heavy atom. The van der Waals surface area contributed by atoms with E-state index in [0.29, 0.717) is 18.9 Å². The third kappa shape index (κ3) is 4.70. The van der Waals surface area contributed by atoms with Gasteiger partial charge in [-0.3, -0.25) is 0 Å². The Balaban J connectivity index is 2.42. The molecule has 0 aromatic heterocycles. The van der Waals surface area contributed by atoms with Crippen LogP contribution in [0, 0.1) is 17.6 Å². The van der Waals surface area contributed by atoms with Gasteiger partial charge in [0.15, 0.2) is 11.6 Å². The van der Waals surface area contributed by atoms with E-state index in [9.17, 15) is 8.78 Å². The lowest BCUT2D eigenvalue weighted by Crippen LogP contribution is -2.31. The van der Waals surface area contributed by atoms with E-state index in [1.807, 2.05) is 7.05 Å². The molecule has 0 fully saturated rings. The Labute approximate surface area is 108 Å². The molecule has 0 aliphatic rings. The van der Waals surface area contributed by atoms with Crippen LogP contribution in [0.3, 0.4) is 0 Å². The second kappa shape index (κ2) is 7.44. The van der Waals surface area contributed by atoms with Gasteiger partial charge in [0.25, 0.3) is 0 Å². The maximum atomic E-state index is 13.0. The minimum atomic E-state index is -0.790. The topological polar surface area (TPSA) is 29.3 Å². The van der Waals surface area contributed by atoms with Crippen LogP contribution in [0.2, 0.25) is 0 Å². The quantitative estimate of drug-likeness (QED) is 0.812. The van der Waals surface area contributed by atoms with Crippen LogP contribution in [-0.4, -0.2) is 31.6 Å². The highest BCUT2D eigenvalue weighted by molar-refractivity contribution is 5.18. The zero-order valence-electron chi connectivity index (χ0n) is 11.1. The summed E-state index contributed by atoms with van der Waals surface area (Å²) in [6.07, 6.45) is 1.78. The monoisotopic (exact) mass is 256 g/mol. The molecule has 0 saturated heterocycles. The molecule has 0 spiro atoms. The maximum Gasteiger partial charge on any atom is 0.159 e. The average molecular weight is 256 g/mol. The molecule has 0 saturated carbocycles. The Kier molecular flexibility index (Phi) is 6.22. The van der Waals surface area contributed by atoms with E-state index in [0.717, 1.165) is 25.1 Å². The molecule has 1 unspecified atom stereocenters. The average Bonchev–Trinajstić information content (AvgIpc) is 2.37. The van der Waals surface area contributed by atoms with Gasteiger partial charge in [-0.2, -0.15) is 0 Å². The van der Waals surface area contributed by atoms with Crippen LogP contribution in [0.25, 0.3) is 0 Å². The number of rotatable bonds is 7. The van der Waals surface area contributed by atoms with E-state index >= 15 is 0 Å². The van der Waals surface area contributed by atoms with E-state index in [1.165, 1.54) is 12.1 Å². The molecule has 0 heterocycles. The molecular weight excluding hydrogens is 234 g/mol. The minimum Gasteiger partial charge on any atom is -0.330 e. The van der Waals surface area contributed by atoms with Crippen LogP contribution in [0.15, 0.2) is 18.2 Å². The van der Waals surface area contributed by atoms with Crippen molar-refractivity contribution >= 4 is 0 Å². The summed E-state index contributed by atoms with van der Waals surface area (Å²) in [6.45, 7) is 4.57. The molecule has 1 aromatic rings. The normalized spacial score (nSPS) is 13.0. The Morgan fingerprint density at radius 2 is 2.00 bits per heavy atom. The Hall–Kier alpha value is -1.00. The van der Waals surface area contributed by atoms with Gasteiger partial charge in [0.2, 0.25) is 0 Å². The summed E-state index contributed by atoms with van der Waals surface area (Å²) in [4.78, 5) is 2.18. The second-order valence-electron chi connectivity index (χ2n) is 4.77. The van der Waals surface area contributed by atoms with Gasteiger partial charge in [-0.25, -0.2) is 8.78 Å². The second-order valence-corrected chi connectivity index (χ2v) is 4.77. The van der Waals surface area contributed by atoms with E-state index in [2.05, 4.69) is 11.8 Å². The van der Waals surface area contributed by atoms with Crippen molar-refractivity contribution in [2.75, 3.05) is 26.7 Å². The van der Waals surface area contributed by atoms with Crippen molar-refractivity contribution in [2.45, 2.75) is 19.8 Å². The lowest BCUT2D eigenvalue weighted by Gasteiger charge is -2.22. The van der Waals surface area contributed by atoms with Gasteiger partial charge in [0.05, 0.1) is 0 Å². The summed E-state index contributed by atoms with van der Waals surface area (Å²) in [6, 6.07) is 4.08. The SMILES string of the molecule is CCC(CN)CN(C)CCc1ccc(F)c(F)c1. The summed E-state index contributed by atoms with van der Waals surface area (Å²) in [5, 5.41) is 0. The fourth-order valence-corrected chi connectivity index (χ4v) is 1.92. The summed E-state index contributed by atoms with van der Waals surface area (Å²) >= 11 is 0. The first-order chi connectivity index (χ1) is 8.56. The number of nitrogens with zero attached hydrogens (tertiary/aromatic N) is 1. The number of hydrogen-bond acceptors (Lipinski definition) is 2. The van der Waals surface area contributed by atoms with Crippen molar-refractivity contribution in [3.8, 4) is 0 Å². The zero-order chi connectivity index (χ0) is 13.5. The fourth-order valence-electron chi connectivity index (χ4n) is 1.92. The van der Waals surface area contributed by atoms with Gasteiger partial charge in [-0.05, 0) is 43.6 Å². The van der Waals surface area contributed by atoms with Crippen molar-refractivity contribution in [3.63, 3.8) is 0 Å². The summed E-state index contributed by atoms with van der Waals surface area (Å²) < 4.78 is 25.8. The molecule has 4 heteroatoms. The minimum absolute atomic E-state index is 0.500. The molecule has 2 N–H and O–H groups in total. The molecule has 1 atom stereocenters. The highest BCUT2D eigenvalue weighted by Crippen LogP contribution is 2.10. The lowest BCUT2D eigenvalue weighted by molar-refractivity contribution is 0.277. The zero-order valence-corrected chi connectivity index (χ0v) is 11.1. The molecular formula is C14H22F2N2. The standard InChI is InChI=1S/C14H22F2N2/c1-3-11(9-17)10-18(2)7-6-12-4-5-13(15)14(16)8-12/h4-5,8,11H,3,6-7,9-10,17H2,1-2H3. The van der Waals surface area contributed by atoms with Crippen LogP contribution in [0.4, 0.5) is 8.78 Å². The number of hydrogen-bond donors (Lipinski definition) is 1. The summed E-state index contributed by atoms with van der Waals surface area (Å²) in [7, 11) is 2.03. The number of halogens is 2. The molecule has 0 bridgehead atoms. The number of benzene rings is 1. The highest BCUT2D eigenvalue weighted by atomic mass is 19.2. The Bertz CT molecular complexity index is 365. The van der Waals surface area contributed by atoms with Gasteiger partial charge in [-0.15, -0.1) is 0 Å². The maximum absolute atomic E-state index is 13.0. The van der Waals surface area contributed by atoms with Crippen LogP contribution < -0.4 is 5.73 Å². The van der Waals surface area contributed by atoms with Crippen molar-refractivity contribution in [1.82, 2.24) is 4.90 Å². The molecule has 0 radical (unpaired) electrons. The number of likely N-dealkylation sites (N-methyl/N-ethyl adjacent to an activating group) is 1.